The number of rotatable bonds is 9. The van der Waals surface area contributed by atoms with Crippen molar-refractivity contribution >= 4 is 11.9 Å². The maximum Gasteiger partial charge on any atom is 0.308 e. The molecular weight excluding hydrogens is 250 g/mol. The van der Waals surface area contributed by atoms with Crippen LogP contribution >= 0.6 is 0 Å². The number of methoxy groups -OCH3 is 1. The molecule has 0 radical (unpaired) electrons. The third-order valence-electron chi connectivity index (χ3n) is 3.30. The normalized spacial score (nSPS) is 22.4. The number of carbonyl (C=O) groups is 2. The van der Waals surface area contributed by atoms with E-state index in [0.717, 1.165) is 12.8 Å². The molecule has 1 aliphatic rings. The van der Waals surface area contributed by atoms with E-state index in [1.54, 1.807) is 7.11 Å². The van der Waals surface area contributed by atoms with E-state index in [-0.39, 0.29) is 11.9 Å². The second-order valence-electron chi connectivity index (χ2n) is 4.76. The first-order valence-electron chi connectivity index (χ1n) is 6.74. The van der Waals surface area contributed by atoms with E-state index < -0.39 is 11.9 Å². The Hall–Kier alpha value is -1.14. The molecule has 0 saturated heterocycles. The molecule has 1 aliphatic carbocycles. The van der Waals surface area contributed by atoms with Crippen molar-refractivity contribution in [2.45, 2.75) is 38.1 Å². The van der Waals surface area contributed by atoms with E-state index in [1.165, 1.54) is 0 Å². The molecule has 0 aromatic rings. The minimum Gasteiger partial charge on any atom is -0.481 e. The zero-order chi connectivity index (χ0) is 14.1. The molecule has 6 nitrogen and oxygen atoms in total. The van der Waals surface area contributed by atoms with Gasteiger partial charge in [0.15, 0.2) is 0 Å². The number of hydrogen-bond donors (Lipinski definition) is 2. The van der Waals surface area contributed by atoms with Gasteiger partial charge in [0.1, 0.15) is 0 Å². The van der Waals surface area contributed by atoms with E-state index in [0.29, 0.717) is 39.1 Å². The zero-order valence-corrected chi connectivity index (χ0v) is 11.4. The number of carboxylic acids is 1. The standard InChI is InChI=1S/C13H23NO5/c1-18-8-9-19-7-3-6-12(15)14-11-5-2-4-10(11)13(16)17/h10-11H,2-9H2,1H3,(H,14,15)(H,16,17)/t10-,11-/m0/s1. The van der Waals surface area contributed by atoms with Crippen LogP contribution in [0.5, 0.6) is 0 Å². The number of amides is 1. The van der Waals surface area contributed by atoms with Gasteiger partial charge in [0.05, 0.1) is 19.1 Å². The highest BCUT2D eigenvalue weighted by Crippen LogP contribution is 2.25. The van der Waals surface area contributed by atoms with Gasteiger partial charge >= 0.3 is 5.97 Å². The summed E-state index contributed by atoms with van der Waals surface area (Å²) < 4.78 is 10.1. The van der Waals surface area contributed by atoms with Gasteiger partial charge in [-0.2, -0.15) is 0 Å². The van der Waals surface area contributed by atoms with Crippen molar-refractivity contribution < 1.29 is 24.2 Å². The van der Waals surface area contributed by atoms with Crippen LogP contribution in [-0.4, -0.2) is 50.0 Å². The molecule has 1 rings (SSSR count). The Labute approximate surface area is 113 Å². The van der Waals surface area contributed by atoms with E-state index in [2.05, 4.69) is 5.32 Å². The number of aliphatic carboxylic acids is 1. The summed E-state index contributed by atoms with van der Waals surface area (Å²) in [5.41, 5.74) is 0. The van der Waals surface area contributed by atoms with Gasteiger partial charge < -0.3 is 19.9 Å². The fourth-order valence-electron chi connectivity index (χ4n) is 2.29. The molecule has 0 bridgehead atoms. The molecule has 0 unspecified atom stereocenters. The lowest BCUT2D eigenvalue weighted by molar-refractivity contribution is -0.142. The topological polar surface area (TPSA) is 84.9 Å². The highest BCUT2D eigenvalue weighted by atomic mass is 16.5. The number of carbonyl (C=O) groups excluding carboxylic acids is 1. The first-order valence-corrected chi connectivity index (χ1v) is 6.74. The smallest absolute Gasteiger partial charge is 0.308 e. The average Bonchev–Trinajstić information content (AvgIpc) is 2.81. The monoisotopic (exact) mass is 273 g/mol. The van der Waals surface area contributed by atoms with Crippen molar-refractivity contribution in [2.75, 3.05) is 26.9 Å². The minimum atomic E-state index is -0.814. The third-order valence-corrected chi connectivity index (χ3v) is 3.30. The molecule has 110 valence electrons. The van der Waals surface area contributed by atoms with Crippen LogP contribution in [0.1, 0.15) is 32.1 Å². The summed E-state index contributed by atoms with van der Waals surface area (Å²) in [4.78, 5) is 22.6. The Balaban J connectivity index is 2.12. The molecule has 0 aliphatic heterocycles. The van der Waals surface area contributed by atoms with Crippen molar-refractivity contribution in [2.24, 2.45) is 5.92 Å². The Morgan fingerprint density at radius 1 is 1.26 bits per heavy atom. The SMILES string of the molecule is COCCOCCCC(=O)N[C@H]1CCC[C@@H]1C(=O)O. The van der Waals surface area contributed by atoms with Gasteiger partial charge in [-0.3, -0.25) is 9.59 Å². The second kappa shape index (κ2) is 8.87. The number of carboxylic acid groups (broad SMARTS) is 1. The second-order valence-corrected chi connectivity index (χ2v) is 4.76. The van der Waals surface area contributed by atoms with E-state index in [4.69, 9.17) is 14.6 Å². The van der Waals surface area contributed by atoms with Crippen LogP contribution in [0.3, 0.4) is 0 Å². The van der Waals surface area contributed by atoms with Crippen LogP contribution in [-0.2, 0) is 19.1 Å². The van der Waals surface area contributed by atoms with Crippen molar-refractivity contribution in [3.8, 4) is 0 Å². The highest BCUT2D eigenvalue weighted by molar-refractivity contribution is 5.78. The first kappa shape index (κ1) is 15.9. The third kappa shape index (κ3) is 6.02. The predicted octanol–water partition coefficient (Wildman–Crippen LogP) is 0.799. The van der Waals surface area contributed by atoms with Gasteiger partial charge in [-0.1, -0.05) is 6.42 Å². The molecule has 0 heterocycles. The summed E-state index contributed by atoms with van der Waals surface area (Å²) in [6.07, 6.45) is 3.28. The van der Waals surface area contributed by atoms with Crippen LogP contribution in [0, 0.1) is 5.92 Å². The summed E-state index contributed by atoms with van der Waals surface area (Å²) in [6, 6.07) is -0.209. The zero-order valence-electron chi connectivity index (χ0n) is 11.4. The van der Waals surface area contributed by atoms with E-state index in [9.17, 15) is 9.59 Å². The summed E-state index contributed by atoms with van der Waals surface area (Å²) in [7, 11) is 1.61. The maximum absolute atomic E-state index is 11.7. The van der Waals surface area contributed by atoms with Gasteiger partial charge in [-0.25, -0.2) is 0 Å². The Kier molecular flexibility index (Phi) is 7.43. The summed E-state index contributed by atoms with van der Waals surface area (Å²) >= 11 is 0. The van der Waals surface area contributed by atoms with Crippen LogP contribution in [0.2, 0.25) is 0 Å². The maximum atomic E-state index is 11.7. The fourth-order valence-corrected chi connectivity index (χ4v) is 2.29. The lowest BCUT2D eigenvalue weighted by Crippen LogP contribution is -2.40. The quantitative estimate of drug-likeness (QED) is 0.607. The van der Waals surface area contributed by atoms with Gasteiger partial charge in [0.2, 0.25) is 5.91 Å². The Morgan fingerprint density at radius 3 is 2.74 bits per heavy atom. The van der Waals surface area contributed by atoms with Crippen LogP contribution in [0.4, 0.5) is 0 Å². The molecule has 2 N–H and O–H groups in total. The van der Waals surface area contributed by atoms with Crippen molar-refractivity contribution in [1.82, 2.24) is 5.32 Å². The van der Waals surface area contributed by atoms with Gasteiger partial charge in [-0.05, 0) is 19.3 Å². The van der Waals surface area contributed by atoms with Gasteiger partial charge in [0, 0.05) is 26.2 Å². The number of nitrogens with one attached hydrogen (secondary N) is 1. The fraction of sp³-hybridized carbons (Fsp3) is 0.846. The average molecular weight is 273 g/mol. The molecule has 1 amide bonds. The molecular formula is C13H23NO5. The molecule has 0 aromatic carbocycles. The number of hydrogen-bond acceptors (Lipinski definition) is 4. The van der Waals surface area contributed by atoms with Gasteiger partial charge in [-0.15, -0.1) is 0 Å². The molecule has 2 atom stereocenters. The molecule has 6 heteroatoms. The van der Waals surface area contributed by atoms with Crippen molar-refractivity contribution in [3.63, 3.8) is 0 Å². The molecule has 1 fully saturated rings. The molecule has 0 spiro atoms. The Bertz CT molecular complexity index is 295. The van der Waals surface area contributed by atoms with Crippen LogP contribution < -0.4 is 5.32 Å². The minimum absolute atomic E-state index is 0.0894. The molecule has 0 aromatic heterocycles. The Morgan fingerprint density at radius 2 is 2.05 bits per heavy atom. The molecule has 19 heavy (non-hydrogen) atoms. The van der Waals surface area contributed by atoms with E-state index >= 15 is 0 Å². The predicted molar refractivity (Wildman–Crippen MR) is 68.8 cm³/mol. The summed E-state index contributed by atoms with van der Waals surface area (Å²) in [6.45, 7) is 1.60. The van der Waals surface area contributed by atoms with Crippen LogP contribution in [0.25, 0.3) is 0 Å². The number of ether oxygens (including phenoxy) is 2. The highest BCUT2D eigenvalue weighted by Gasteiger charge is 2.33. The lowest BCUT2D eigenvalue weighted by Gasteiger charge is -2.17. The largest absolute Gasteiger partial charge is 0.481 e. The summed E-state index contributed by atoms with van der Waals surface area (Å²) in [5, 5.41) is 11.8. The lowest BCUT2D eigenvalue weighted by atomic mass is 10.0. The van der Waals surface area contributed by atoms with Crippen molar-refractivity contribution in [3.05, 3.63) is 0 Å². The van der Waals surface area contributed by atoms with Crippen LogP contribution in [0.15, 0.2) is 0 Å². The van der Waals surface area contributed by atoms with Gasteiger partial charge in [0.25, 0.3) is 0 Å². The first-order chi connectivity index (χ1) is 9.15. The summed E-state index contributed by atoms with van der Waals surface area (Å²) in [5.74, 6) is -1.33. The molecule has 1 saturated carbocycles. The van der Waals surface area contributed by atoms with E-state index in [1.807, 2.05) is 0 Å². The van der Waals surface area contributed by atoms with Crippen molar-refractivity contribution in [1.29, 1.82) is 0 Å².